The third-order valence-electron chi connectivity index (χ3n) is 5.07. The van der Waals surface area contributed by atoms with Gasteiger partial charge in [0.1, 0.15) is 11.6 Å². The minimum Gasteiger partial charge on any atom is -0.311 e. The van der Waals surface area contributed by atoms with E-state index in [0.717, 1.165) is 5.69 Å². The Kier molecular flexibility index (Phi) is 4.81. The number of hydrogen-bond acceptors (Lipinski definition) is 4. The normalized spacial score (nSPS) is 20.1. The molecular weight excluding hydrogens is 343 g/mol. The highest BCUT2D eigenvalue weighted by molar-refractivity contribution is 5.29. The summed E-state index contributed by atoms with van der Waals surface area (Å²) in [5.41, 5.74) is 2.19. The van der Waals surface area contributed by atoms with Crippen LogP contribution in [0.1, 0.15) is 34.6 Å². The molecule has 1 aliphatic heterocycles. The van der Waals surface area contributed by atoms with Gasteiger partial charge in [-0.2, -0.15) is 0 Å². The summed E-state index contributed by atoms with van der Waals surface area (Å²) in [6, 6.07) is 14.3. The van der Waals surface area contributed by atoms with Crippen molar-refractivity contribution in [3.8, 4) is 0 Å². The molecule has 138 valence electrons. The van der Waals surface area contributed by atoms with Crippen LogP contribution in [0, 0.1) is 12.7 Å². The van der Waals surface area contributed by atoms with Crippen LogP contribution in [-0.2, 0) is 6.54 Å². The van der Waals surface area contributed by atoms with E-state index in [0.29, 0.717) is 36.7 Å². The number of likely N-dealkylation sites (tertiary alicyclic amines) is 1. The molecule has 3 heterocycles. The molecule has 1 aromatic carbocycles. The molecule has 2 atom stereocenters. The third kappa shape index (κ3) is 3.80. The summed E-state index contributed by atoms with van der Waals surface area (Å²) in [7, 11) is 0. The van der Waals surface area contributed by atoms with Crippen molar-refractivity contribution in [1.29, 1.82) is 0 Å². The zero-order chi connectivity index (χ0) is 18.8. The summed E-state index contributed by atoms with van der Waals surface area (Å²) >= 11 is 0. The van der Waals surface area contributed by atoms with Crippen LogP contribution >= 0.6 is 0 Å². The SMILES string of the molecule is Cc1nc([C@@H]2CN(Cc3ccccn3)C[C@H]2c2ccccc2F)cc(=O)[nH]1. The van der Waals surface area contributed by atoms with Gasteiger partial charge in [-0.15, -0.1) is 0 Å². The van der Waals surface area contributed by atoms with Crippen molar-refractivity contribution < 1.29 is 4.39 Å². The molecule has 0 unspecified atom stereocenters. The second-order valence-corrected chi connectivity index (χ2v) is 7.01. The maximum Gasteiger partial charge on any atom is 0.251 e. The van der Waals surface area contributed by atoms with E-state index in [-0.39, 0.29) is 23.2 Å². The number of aromatic nitrogens is 3. The lowest BCUT2D eigenvalue weighted by molar-refractivity contribution is 0.319. The molecule has 1 aliphatic rings. The Balaban J connectivity index is 1.69. The topological polar surface area (TPSA) is 61.9 Å². The summed E-state index contributed by atoms with van der Waals surface area (Å²) in [5, 5.41) is 0. The molecule has 0 radical (unpaired) electrons. The van der Waals surface area contributed by atoms with Crippen LogP contribution in [0.5, 0.6) is 0 Å². The van der Waals surface area contributed by atoms with Crippen molar-refractivity contribution in [2.45, 2.75) is 25.3 Å². The quantitative estimate of drug-likeness (QED) is 0.773. The summed E-state index contributed by atoms with van der Waals surface area (Å²) in [4.78, 5) is 25.8. The number of aromatic amines is 1. The van der Waals surface area contributed by atoms with Gasteiger partial charge >= 0.3 is 0 Å². The predicted molar refractivity (Wildman–Crippen MR) is 101 cm³/mol. The second-order valence-electron chi connectivity index (χ2n) is 7.01. The average molecular weight is 364 g/mol. The van der Waals surface area contributed by atoms with Gasteiger partial charge in [0.05, 0.1) is 11.4 Å². The average Bonchev–Trinajstić information content (AvgIpc) is 3.06. The second kappa shape index (κ2) is 7.40. The number of pyridine rings is 1. The Morgan fingerprint density at radius 3 is 2.67 bits per heavy atom. The number of rotatable bonds is 4. The van der Waals surface area contributed by atoms with Crippen molar-refractivity contribution in [2.75, 3.05) is 13.1 Å². The molecule has 1 N–H and O–H groups in total. The van der Waals surface area contributed by atoms with Gasteiger partial charge in [0.2, 0.25) is 0 Å². The van der Waals surface area contributed by atoms with Crippen LogP contribution in [0.4, 0.5) is 4.39 Å². The maximum absolute atomic E-state index is 14.5. The van der Waals surface area contributed by atoms with Crippen molar-refractivity contribution in [2.24, 2.45) is 0 Å². The first-order valence-corrected chi connectivity index (χ1v) is 9.04. The molecule has 6 heteroatoms. The van der Waals surface area contributed by atoms with Crippen LogP contribution in [-0.4, -0.2) is 32.9 Å². The van der Waals surface area contributed by atoms with Crippen molar-refractivity contribution in [3.05, 3.63) is 93.7 Å². The fraction of sp³-hybridized carbons (Fsp3) is 0.286. The van der Waals surface area contributed by atoms with Crippen molar-refractivity contribution >= 4 is 0 Å². The molecule has 27 heavy (non-hydrogen) atoms. The van der Waals surface area contributed by atoms with Gasteiger partial charge in [-0.25, -0.2) is 9.37 Å². The molecule has 0 aliphatic carbocycles. The third-order valence-corrected chi connectivity index (χ3v) is 5.07. The predicted octanol–water partition coefficient (Wildman–Crippen LogP) is 3.00. The van der Waals surface area contributed by atoms with E-state index >= 15 is 0 Å². The van der Waals surface area contributed by atoms with Crippen LogP contribution in [0.2, 0.25) is 0 Å². The summed E-state index contributed by atoms with van der Waals surface area (Å²) in [6.45, 7) is 3.84. The van der Waals surface area contributed by atoms with E-state index in [9.17, 15) is 9.18 Å². The first-order valence-electron chi connectivity index (χ1n) is 9.04. The lowest BCUT2D eigenvalue weighted by Crippen LogP contribution is -2.21. The smallest absolute Gasteiger partial charge is 0.251 e. The minimum absolute atomic E-state index is 0.0494. The fourth-order valence-corrected chi connectivity index (χ4v) is 3.92. The van der Waals surface area contributed by atoms with Crippen LogP contribution < -0.4 is 5.56 Å². The molecule has 2 aromatic heterocycles. The number of hydrogen-bond donors (Lipinski definition) is 1. The number of aryl methyl sites for hydroxylation is 1. The first-order chi connectivity index (χ1) is 13.1. The van der Waals surface area contributed by atoms with Gasteiger partial charge in [0.25, 0.3) is 5.56 Å². The molecule has 0 bridgehead atoms. The number of nitrogens with one attached hydrogen (secondary N) is 1. The number of nitrogens with zero attached hydrogens (tertiary/aromatic N) is 3. The lowest BCUT2D eigenvalue weighted by Gasteiger charge is -2.19. The Hall–Kier alpha value is -2.86. The van der Waals surface area contributed by atoms with Gasteiger partial charge in [0.15, 0.2) is 0 Å². The highest BCUT2D eigenvalue weighted by Crippen LogP contribution is 2.40. The number of benzene rings is 1. The van der Waals surface area contributed by atoms with Gasteiger partial charge in [0, 0.05) is 43.7 Å². The molecule has 1 fully saturated rings. The van der Waals surface area contributed by atoms with E-state index in [1.807, 2.05) is 30.3 Å². The molecule has 3 aromatic rings. The zero-order valence-corrected chi connectivity index (χ0v) is 15.1. The highest BCUT2D eigenvalue weighted by atomic mass is 19.1. The van der Waals surface area contributed by atoms with Crippen LogP contribution in [0.3, 0.4) is 0 Å². The first kappa shape index (κ1) is 17.5. The van der Waals surface area contributed by atoms with E-state index < -0.39 is 0 Å². The van der Waals surface area contributed by atoms with E-state index in [2.05, 4.69) is 19.9 Å². The van der Waals surface area contributed by atoms with Gasteiger partial charge in [-0.05, 0) is 30.7 Å². The zero-order valence-electron chi connectivity index (χ0n) is 15.1. The van der Waals surface area contributed by atoms with Gasteiger partial charge in [-0.1, -0.05) is 24.3 Å². The van der Waals surface area contributed by atoms with E-state index in [1.165, 1.54) is 12.1 Å². The summed E-state index contributed by atoms with van der Waals surface area (Å²) in [5.74, 6) is 0.247. The van der Waals surface area contributed by atoms with Crippen molar-refractivity contribution in [1.82, 2.24) is 19.9 Å². The van der Waals surface area contributed by atoms with Crippen LogP contribution in [0.25, 0.3) is 0 Å². The molecule has 0 spiro atoms. The molecule has 0 saturated carbocycles. The standard InChI is InChI=1S/C21H21FN4O/c1-14-24-20(10-21(27)25-14)18-13-26(11-15-6-4-5-9-23-15)12-17(18)16-7-2-3-8-19(16)22/h2-10,17-18H,11-13H2,1H3,(H,24,25,27)/t17-,18+/m0/s1. The largest absolute Gasteiger partial charge is 0.311 e. The fourth-order valence-electron chi connectivity index (χ4n) is 3.92. The molecule has 1 saturated heterocycles. The molecule has 5 nitrogen and oxygen atoms in total. The summed E-state index contributed by atoms with van der Waals surface area (Å²) < 4.78 is 14.5. The maximum atomic E-state index is 14.5. The van der Waals surface area contributed by atoms with Gasteiger partial charge < -0.3 is 4.98 Å². The number of H-pyrrole nitrogens is 1. The van der Waals surface area contributed by atoms with E-state index in [4.69, 9.17) is 0 Å². The van der Waals surface area contributed by atoms with Crippen molar-refractivity contribution in [3.63, 3.8) is 0 Å². The van der Waals surface area contributed by atoms with Crippen LogP contribution in [0.15, 0.2) is 59.5 Å². The Morgan fingerprint density at radius 2 is 1.93 bits per heavy atom. The van der Waals surface area contributed by atoms with Gasteiger partial charge in [-0.3, -0.25) is 14.7 Å². The monoisotopic (exact) mass is 364 g/mol. The number of halogens is 1. The minimum atomic E-state index is -0.214. The Labute approximate surface area is 156 Å². The molecular formula is C21H21FN4O. The van der Waals surface area contributed by atoms with E-state index in [1.54, 1.807) is 19.2 Å². The Morgan fingerprint density at radius 1 is 1.15 bits per heavy atom. The lowest BCUT2D eigenvalue weighted by atomic mass is 9.86. The summed E-state index contributed by atoms with van der Waals surface area (Å²) in [6.07, 6.45) is 1.78. The highest BCUT2D eigenvalue weighted by Gasteiger charge is 2.37. The Bertz CT molecular complexity index is 989. The molecule has 0 amide bonds. The molecule has 4 rings (SSSR count).